The first-order valence-electron chi connectivity index (χ1n) is 9.64. The maximum absolute atomic E-state index is 12.5. The molecule has 4 rings (SSSR count). The van der Waals surface area contributed by atoms with Gasteiger partial charge in [-0.25, -0.2) is 0 Å². The van der Waals surface area contributed by atoms with Crippen LogP contribution in [0.1, 0.15) is 0 Å². The molecule has 0 aliphatic rings. The number of aromatic nitrogens is 2. The van der Waals surface area contributed by atoms with Crippen LogP contribution in [-0.2, 0) is 4.79 Å². The summed E-state index contributed by atoms with van der Waals surface area (Å²) in [5.74, 6) is 1.51. The Hall–Kier alpha value is -3.58. The van der Waals surface area contributed by atoms with E-state index < -0.39 is 0 Å². The van der Waals surface area contributed by atoms with Gasteiger partial charge in [0.25, 0.3) is 0 Å². The smallest absolute Gasteiger partial charge is 0.234 e. The van der Waals surface area contributed by atoms with Crippen molar-refractivity contribution in [3.63, 3.8) is 0 Å². The number of methoxy groups -OCH3 is 2. The zero-order chi connectivity index (χ0) is 21.6. The van der Waals surface area contributed by atoms with Crippen LogP contribution in [0, 0.1) is 0 Å². The summed E-state index contributed by atoms with van der Waals surface area (Å²) in [6.45, 7) is 0. The number of hydrogen-bond donors (Lipinski definition) is 1. The predicted octanol–water partition coefficient (Wildman–Crippen LogP) is 5.04. The summed E-state index contributed by atoms with van der Waals surface area (Å²) < 4.78 is 10.7. The first kappa shape index (κ1) is 20.7. The molecular formula is C24H21N3O3S. The monoisotopic (exact) mass is 431 g/mol. The Morgan fingerprint density at radius 2 is 1.77 bits per heavy atom. The molecule has 1 heterocycles. The molecule has 31 heavy (non-hydrogen) atoms. The molecule has 0 aliphatic carbocycles. The minimum absolute atomic E-state index is 0.0935. The molecule has 1 amide bonds. The molecule has 156 valence electrons. The number of nitrogens with one attached hydrogen (secondary N) is 1. The molecular weight excluding hydrogens is 410 g/mol. The molecule has 7 heteroatoms. The van der Waals surface area contributed by atoms with E-state index >= 15 is 0 Å². The van der Waals surface area contributed by atoms with Crippen molar-refractivity contribution in [3.8, 4) is 22.8 Å². The number of carbonyl (C=O) groups is 1. The van der Waals surface area contributed by atoms with E-state index in [4.69, 9.17) is 9.47 Å². The fourth-order valence-corrected chi connectivity index (χ4v) is 3.82. The molecule has 0 unspecified atom stereocenters. The molecule has 1 N–H and O–H groups in total. The van der Waals surface area contributed by atoms with Crippen molar-refractivity contribution in [2.24, 2.45) is 0 Å². The van der Waals surface area contributed by atoms with Crippen molar-refractivity contribution in [1.82, 2.24) is 10.2 Å². The van der Waals surface area contributed by atoms with Gasteiger partial charge in [-0.05, 0) is 35.7 Å². The van der Waals surface area contributed by atoms with Crippen LogP contribution in [0.2, 0.25) is 0 Å². The van der Waals surface area contributed by atoms with Gasteiger partial charge in [0.15, 0.2) is 0 Å². The lowest BCUT2D eigenvalue weighted by Crippen LogP contribution is -2.14. The Morgan fingerprint density at radius 3 is 2.55 bits per heavy atom. The number of carbonyl (C=O) groups excluding carboxylic acids is 1. The summed E-state index contributed by atoms with van der Waals surface area (Å²) in [6, 6.07) is 23.1. The summed E-state index contributed by atoms with van der Waals surface area (Å²) in [7, 11) is 3.21. The minimum Gasteiger partial charge on any atom is -0.497 e. The molecule has 1 aromatic heterocycles. The second-order valence-corrected chi connectivity index (χ2v) is 7.68. The average Bonchev–Trinajstić information content (AvgIpc) is 2.83. The molecule has 0 fully saturated rings. The summed E-state index contributed by atoms with van der Waals surface area (Å²) in [6.07, 6.45) is 0. The SMILES string of the molecule is COc1ccc(-c2ccc(SCC(=O)Nc3cccc4ccccc34)nn2)c(OC)c1. The Morgan fingerprint density at radius 1 is 0.935 bits per heavy atom. The quantitative estimate of drug-likeness (QED) is 0.413. The second-order valence-electron chi connectivity index (χ2n) is 6.69. The van der Waals surface area contributed by atoms with Crippen LogP contribution in [0.25, 0.3) is 22.0 Å². The molecule has 0 aliphatic heterocycles. The number of benzene rings is 3. The molecule has 4 aromatic rings. The van der Waals surface area contributed by atoms with Gasteiger partial charge in [-0.15, -0.1) is 10.2 Å². The van der Waals surface area contributed by atoms with E-state index in [1.165, 1.54) is 11.8 Å². The summed E-state index contributed by atoms with van der Waals surface area (Å²) in [4.78, 5) is 12.5. The van der Waals surface area contributed by atoms with Crippen LogP contribution >= 0.6 is 11.8 Å². The molecule has 0 radical (unpaired) electrons. The van der Waals surface area contributed by atoms with Crippen molar-refractivity contribution in [1.29, 1.82) is 0 Å². The lowest BCUT2D eigenvalue weighted by Gasteiger charge is -2.10. The average molecular weight is 432 g/mol. The van der Waals surface area contributed by atoms with E-state index in [-0.39, 0.29) is 11.7 Å². The number of hydrogen-bond acceptors (Lipinski definition) is 6. The van der Waals surface area contributed by atoms with E-state index in [1.54, 1.807) is 20.3 Å². The first-order chi connectivity index (χ1) is 15.2. The van der Waals surface area contributed by atoms with E-state index in [1.807, 2.05) is 66.7 Å². The first-order valence-corrected chi connectivity index (χ1v) is 10.6. The number of fused-ring (bicyclic) bond motifs is 1. The molecule has 0 spiro atoms. The van der Waals surface area contributed by atoms with Crippen LogP contribution in [0.5, 0.6) is 11.5 Å². The van der Waals surface area contributed by atoms with E-state index in [0.29, 0.717) is 22.2 Å². The topological polar surface area (TPSA) is 73.3 Å². The Labute approximate surface area is 184 Å². The fraction of sp³-hybridized carbons (Fsp3) is 0.125. The van der Waals surface area contributed by atoms with Gasteiger partial charge in [0.2, 0.25) is 5.91 Å². The molecule has 0 atom stereocenters. The van der Waals surface area contributed by atoms with Gasteiger partial charge in [0, 0.05) is 22.7 Å². The van der Waals surface area contributed by atoms with Crippen molar-refractivity contribution in [2.75, 3.05) is 25.3 Å². The van der Waals surface area contributed by atoms with Crippen molar-refractivity contribution in [2.45, 2.75) is 5.03 Å². The van der Waals surface area contributed by atoms with Crippen LogP contribution in [-0.4, -0.2) is 36.1 Å². The highest BCUT2D eigenvalue weighted by Crippen LogP contribution is 2.32. The second kappa shape index (κ2) is 9.49. The van der Waals surface area contributed by atoms with Crippen LogP contribution < -0.4 is 14.8 Å². The lowest BCUT2D eigenvalue weighted by molar-refractivity contribution is -0.113. The van der Waals surface area contributed by atoms with Crippen molar-refractivity contribution < 1.29 is 14.3 Å². The normalized spacial score (nSPS) is 10.6. The number of thioether (sulfide) groups is 1. The zero-order valence-electron chi connectivity index (χ0n) is 17.2. The molecule has 0 bridgehead atoms. The van der Waals surface area contributed by atoms with Gasteiger partial charge in [-0.1, -0.05) is 48.2 Å². The Balaban J connectivity index is 1.41. The van der Waals surface area contributed by atoms with Crippen LogP contribution in [0.4, 0.5) is 5.69 Å². The Bertz CT molecular complexity index is 1210. The maximum atomic E-state index is 12.5. The summed E-state index contributed by atoms with van der Waals surface area (Å²) in [5.41, 5.74) is 2.31. The Kier molecular flexibility index (Phi) is 6.33. The standard InChI is InChI=1S/C24H21N3O3S/c1-29-17-10-11-19(22(14-17)30-2)21-12-13-24(27-26-21)31-15-23(28)25-20-9-5-7-16-6-3-4-8-18(16)20/h3-14H,15H2,1-2H3,(H,25,28). The summed E-state index contributed by atoms with van der Waals surface area (Å²) in [5, 5.41) is 14.3. The lowest BCUT2D eigenvalue weighted by atomic mass is 10.1. The summed E-state index contributed by atoms with van der Waals surface area (Å²) >= 11 is 1.34. The van der Waals surface area contributed by atoms with Gasteiger partial charge in [-0.2, -0.15) is 0 Å². The number of nitrogens with zero attached hydrogens (tertiary/aromatic N) is 2. The highest BCUT2D eigenvalue weighted by molar-refractivity contribution is 7.99. The van der Waals surface area contributed by atoms with Crippen molar-refractivity contribution >= 4 is 34.1 Å². The minimum atomic E-state index is -0.0935. The van der Waals surface area contributed by atoms with Gasteiger partial charge in [0.05, 0.1) is 25.7 Å². The van der Waals surface area contributed by atoms with Crippen molar-refractivity contribution in [3.05, 3.63) is 72.8 Å². The van der Waals surface area contributed by atoms with Crippen LogP contribution in [0.3, 0.4) is 0 Å². The number of rotatable bonds is 7. The fourth-order valence-electron chi connectivity index (χ4n) is 3.21. The third-order valence-corrected chi connectivity index (χ3v) is 5.66. The third kappa shape index (κ3) is 4.78. The van der Waals surface area contributed by atoms with Gasteiger partial charge in [0.1, 0.15) is 16.5 Å². The molecule has 3 aromatic carbocycles. The molecule has 6 nitrogen and oxygen atoms in total. The van der Waals surface area contributed by atoms with Gasteiger partial charge in [-0.3, -0.25) is 4.79 Å². The highest BCUT2D eigenvalue weighted by Gasteiger charge is 2.11. The predicted molar refractivity (Wildman–Crippen MR) is 124 cm³/mol. The van der Waals surface area contributed by atoms with Gasteiger partial charge < -0.3 is 14.8 Å². The van der Waals surface area contributed by atoms with Crippen LogP contribution in [0.15, 0.2) is 77.8 Å². The van der Waals surface area contributed by atoms with E-state index in [2.05, 4.69) is 15.5 Å². The highest BCUT2D eigenvalue weighted by atomic mass is 32.2. The maximum Gasteiger partial charge on any atom is 0.234 e. The number of ether oxygens (including phenoxy) is 2. The molecule has 0 saturated heterocycles. The zero-order valence-corrected chi connectivity index (χ0v) is 18.0. The third-order valence-electron chi connectivity index (χ3n) is 4.74. The van der Waals surface area contributed by atoms with E-state index in [9.17, 15) is 4.79 Å². The number of anilines is 1. The molecule has 0 saturated carbocycles. The van der Waals surface area contributed by atoms with Gasteiger partial charge >= 0.3 is 0 Å². The largest absolute Gasteiger partial charge is 0.497 e. The van der Waals surface area contributed by atoms with E-state index in [0.717, 1.165) is 22.0 Å². The number of amides is 1.